The second-order valence-electron chi connectivity index (χ2n) is 3.34. The Morgan fingerprint density at radius 2 is 1.86 bits per heavy atom. The average Bonchev–Trinajstić information content (AvgIpc) is 2.02. The molecule has 0 heterocycles. The third-order valence-electron chi connectivity index (χ3n) is 2.01. The SMILES string of the molecule is CCCCCC(O)(CC)SP(O)(O)=S. The first-order valence-electron chi connectivity index (χ1n) is 4.81. The molecule has 0 fully saturated rings. The lowest BCUT2D eigenvalue weighted by molar-refractivity contribution is 0.121. The van der Waals surface area contributed by atoms with E-state index in [1.54, 1.807) is 0 Å². The molecule has 14 heavy (non-hydrogen) atoms. The molecule has 0 amide bonds. The van der Waals surface area contributed by atoms with Crippen molar-refractivity contribution in [3.05, 3.63) is 0 Å². The average molecular weight is 258 g/mol. The Morgan fingerprint density at radius 3 is 2.21 bits per heavy atom. The molecule has 0 aromatic rings. The van der Waals surface area contributed by atoms with Gasteiger partial charge in [-0.15, -0.1) is 0 Å². The lowest BCUT2D eigenvalue weighted by Crippen LogP contribution is -2.22. The first-order valence-corrected chi connectivity index (χ1v) is 8.94. The summed E-state index contributed by atoms with van der Waals surface area (Å²) in [6.45, 7) is 3.91. The van der Waals surface area contributed by atoms with Crippen molar-refractivity contribution in [2.24, 2.45) is 0 Å². The van der Waals surface area contributed by atoms with E-state index in [-0.39, 0.29) is 0 Å². The van der Waals surface area contributed by atoms with Gasteiger partial charge in [0.15, 0.2) is 0 Å². The zero-order valence-corrected chi connectivity index (χ0v) is 11.2. The zero-order valence-electron chi connectivity index (χ0n) is 8.64. The Hall–Kier alpha value is 0.880. The Kier molecular flexibility index (Phi) is 6.87. The minimum atomic E-state index is -3.35. The fourth-order valence-electron chi connectivity index (χ4n) is 1.16. The fraction of sp³-hybridized carbons (Fsp3) is 1.00. The highest BCUT2D eigenvalue weighted by molar-refractivity contribution is 8.67. The van der Waals surface area contributed by atoms with Crippen molar-refractivity contribution in [2.45, 2.75) is 50.9 Å². The van der Waals surface area contributed by atoms with Crippen molar-refractivity contribution in [3.8, 4) is 0 Å². The Labute approximate surface area is 94.8 Å². The summed E-state index contributed by atoms with van der Waals surface area (Å²) in [5.41, 5.74) is -3.35. The van der Waals surface area contributed by atoms with Crippen molar-refractivity contribution in [3.63, 3.8) is 0 Å². The van der Waals surface area contributed by atoms with Crippen LogP contribution in [0.3, 0.4) is 0 Å². The van der Waals surface area contributed by atoms with Gasteiger partial charge in [-0.1, -0.05) is 26.7 Å². The van der Waals surface area contributed by atoms with E-state index >= 15 is 0 Å². The summed E-state index contributed by atoms with van der Waals surface area (Å²) in [6.07, 6.45) is 4.07. The number of unbranched alkanes of at least 4 members (excludes halogenated alkanes) is 2. The van der Waals surface area contributed by atoms with E-state index in [1.807, 2.05) is 6.92 Å². The molecule has 0 aliphatic rings. The fourth-order valence-corrected chi connectivity index (χ4v) is 5.20. The van der Waals surface area contributed by atoms with E-state index in [0.717, 1.165) is 30.6 Å². The van der Waals surface area contributed by atoms with Crippen LogP contribution in [0.1, 0.15) is 46.0 Å². The van der Waals surface area contributed by atoms with Crippen LogP contribution in [0, 0.1) is 0 Å². The van der Waals surface area contributed by atoms with Crippen molar-refractivity contribution in [2.75, 3.05) is 0 Å². The van der Waals surface area contributed by atoms with Gasteiger partial charge in [0, 0.05) is 0 Å². The molecule has 0 radical (unpaired) electrons. The van der Waals surface area contributed by atoms with Crippen LogP contribution >= 0.6 is 17.1 Å². The minimum Gasteiger partial charge on any atom is -0.379 e. The molecule has 0 spiro atoms. The molecular weight excluding hydrogens is 239 g/mol. The molecule has 3 nitrogen and oxygen atoms in total. The van der Waals surface area contributed by atoms with Gasteiger partial charge in [0.25, 0.3) is 0 Å². The van der Waals surface area contributed by atoms with Crippen molar-refractivity contribution in [1.29, 1.82) is 0 Å². The van der Waals surface area contributed by atoms with Crippen LogP contribution in [-0.4, -0.2) is 19.8 Å². The maximum atomic E-state index is 9.99. The maximum absolute atomic E-state index is 9.99. The van der Waals surface area contributed by atoms with E-state index in [1.165, 1.54) is 0 Å². The summed E-state index contributed by atoms with van der Waals surface area (Å²) >= 11 is 5.25. The minimum absolute atomic E-state index is 0.487. The Bertz CT molecular complexity index is 207. The molecule has 0 rings (SSSR count). The topological polar surface area (TPSA) is 60.7 Å². The lowest BCUT2D eigenvalue weighted by Gasteiger charge is -2.27. The van der Waals surface area contributed by atoms with Crippen LogP contribution in [0.15, 0.2) is 0 Å². The molecule has 0 aliphatic carbocycles. The van der Waals surface area contributed by atoms with Crippen LogP contribution in [0.2, 0.25) is 0 Å². The highest BCUT2D eigenvalue weighted by Gasteiger charge is 2.31. The molecule has 0 bridgehead atoms. The van der Waals surface area contributed by atoms with Gasteiger partial charge >= 0.3 is 0 Å². The number of hydrogen-bond acceptors (Lipinski definition) is 3. The number of aliphatic hydroxyl groups is 1. The molecule has 0 saturated heterocycles. The standard InChI is InChI=1S/C8H19O3PS2/c1-3-5-6-7-8(9,4-2)14-12(10,11)13/h9H,3-7H2,1-2H3,(H2,10,11,13). The molecule has 0 saturated carbocycles. The van der Waals surface area contributed by atoms with E-state index in [4.69, 9.17) is 9.79 Å². The van der Waals surface area contributed by atoms with Crippen LogP contribution in [0.25, 0.3) is 0 Å². The van der Waals surface area contributed by atoms with E-state index in [0.29, 0.717) is 12.8 Å². The highest BCUT2D eigenvalue weighted by Crippen LogP contribution is 2.58. The second-order valence-corrected chi connectivity index (χ2v) is 9.56. The number of hydrogen-bond donors (Lipinski definition) is 3. The van der Waals surface area contributed by atoms with Crippen LogP contribution in [0.5, 0.6) is 0 Å². The van der Waals surface area contributed by atoms with Gasteiger partial charge in [-0.3, -0.25) is 0 Å². The van der Waals surface area contributed by atoms with Gasteiger partial charge in [0.2, 0.25) is 5.69 Å². The summed E-state index contributed by atoms with van der Waals surface area (Å²) in [4.78, 5) is 17.2. The first kappa shape index (κ1) is 14.9. The van der Waals surface area contributed by atoms with Crippen LogP contribution in [-0.2, 0) is 11.8 Å². The Balaban J connectivity index is 4.11. The summed E-state index contributed by atoms with van der Waals surface area (Å²) in [5, 5.41) is 9.99. The van der Waals surface area contributed by atoms with E-state index in [2.05, 4.69) is 18.7 Å². The maximum Gasteiger partial charge on any atom is 0.244 e. The quantitative estimate of drug-likeness (QED) is 0.372. The number of rotatable bonds is 7. The third kappa shape index (κ3) is 7.21. The molecule has 0 aromatic carbocycles. The molecule has 1 unspecified atom stereocenters. The smallest absolute Gasteiger partial charge is 0.244 e. The summed E-state index contributed by atoms with van der Waals surface area (Å²) < 4.78 is 0. The molecule has 0 aliphatic heterocycles. The zero-order chi connectivity index (χ0) is 11.2. The molecule has 86 valence electrons. The molecule has 0 aromatic heterocycles. The monoisotopic (exact) mass is 258 g/mol. The summed E-state index contributed by atoms with van der Waals surface area (Å²) in [7, 11) is 0. The van der Waals surface area contributed by atoms with Gasteiger partial charge in [-0.25, -0.2) is 0 Å². The van der Waals surface area contributed by atoms with Crippen molar-refractivity contribution in [1.82, 2.24) is 0 Å². The molecule has 6 heteroatoms. The van der Waals surface area contributed by atoms with Gasteiger partial charge in [-0.2, -0.15) is 0 Å². The van der Waals surface area contributed by atoms with Crippen molar-refractivity contribution >= 4 is 28.9 Å². The Morgan fingerprint density at radius 1 is 1.29 bits per heavy atom. The van der Waals surface area contributed by atoms with E-state index < -0.39 is 10.6 Å². The second kappa shape index (κ2) is 6.46. The third-order valence-corrected chi connectivity index (χ3v) is 5.49. The summed E-state index contributed by atoms with van der Waals surface area (Å²) in [5.74, 6) is 0. The molecule has 3 N–H and O–H groups in total. The van der Waals surface area contributed by atoms with Gasteiger partial charge in [-0.05, 0) is 42.5 Å². The van der Waals surface area contributed by atoms with Gasteiger partial charge in [0.1, 0.15) is 4.93 Å². The predicted molar refractivity (Wildman–Crippen MR) is 65.7 cm³/mol. The van der Waals surface area contributed by atoms with Crippen LogP contribution < -0.4 is 0 Å². The van der Waals surface area contributed by atoms with E-state index in [9.17, 15) is 5.11 Å². The first-order chi connectivity index (χ1) is 6.33. The van der Waals surface area contributed by atoms with Gasteiger partial charge in [0.05, 0.1) is 0 Å². The summed E-state index contributed by atoms with van der Waals surface area (Å²) in [6, 6.07) is 0. The largest absolute Gasteiger partial charge is 0.379 e. The normalized spacial score (nSPS) is 16.6. The van der Waals surface area contributed by atoms with Crippen molar-refractivity contribution < 1.29 is 14.9 Å². The van der Waals surface area contributed by atoms with Gasteiger partial charge < -0.3 is 14.9 Å². The molecule has 1 atom stereocenters. The van der Waals surface area contributed by atoms with Crippen LogP contribution in [0.4, 0.5) is 0 Å². The predicted octanol–water partition coefficient (Wildman–Crippen LogP) is 2.61. The highest BCUT2D eigenvalue weighted by atomic mass is 32.9. The molecular formula is C8H19O3PS2. The lowest BCUT2D eigenvalue weighted by atomic mass is 10.1.